The number of hydrogen-bond donors (Lipinski definition) is 2. The maximum atomic E-state index is 11.2. The normalized spacial score (nSPS) is 20.2. The van der Waals surface area contributed by atoms with Gasteiger partial charge in [0.2, 0.25) is 0 Å². The topological polar surface area (TPSA) is 96.4 Å². The predicted octanol–water partition coefficient (Wildman–Crippen LogP) is 1.49. The first-order chi connectivity index (χ1) is 9.26. The van der Waals surface area contributed by atoms with Crippen LogP contribution in [0.3, 0.4) is 0 Å². The van der Waals surface area contributed by atoms with E-state index >= 15 is 0 Å². The molecule has 0 fully saturated rings. The number of carbonyl (C=O) groups is 1. The van der Waals surface area contributed by atoms with E-state index in [1.807, 2.05) is 0 Å². The van der Waals surface area contributed by atoms with Crippen molar-refractivity contribution in [3.63, 3.8) is 0 Å². The van der Waals surface area contributed by atoms with E-state index in [0.717, 1.165) is 17.7 Å². The zero-order valence-corrected chi connectivity index (χ0v) is 13.1. The lowest BCUT2D eigenvalue weighted by atomic mass is 9.91. The number of nitrogens with zero attached hydrogens (tertiary/aromatic N) is 1. The highest BCUT2D eigenvalue weighted by Gasteiger charge is 2.30. The average molecular weight is 318 g/mol. The van der Waals surface area contributed by atoms with Crippen LogP contribution in [0, 0.1) is 0 Å². The number of thiazole rings is 1. The number of aryl methyl sites for hydroxylation is 1. The fourth-order valence-electron chi connectivity index (χ4n) is 2.43. The summed E-state index contributed by atoms with van der Waals surface area (Å²) in [6.45, 7) is 1.77. The lowest BCUT2D eigenvalue weighted by Gasteiger charge is -2.16. The van der Waals surface area contributed by atoms with Gasteiger partial charge in [-0.1, -0.05) is 0 Å². The van der Waals surface area contributed by atoms with E-state index in [-0.39, 0.29) is 11.8 Å². The zero-order chi connectivity index (χ0) is 14.9. The molecule has 112 valence electrons. The lowest BCUT2D eigenvalue weighted by molar-refractivity contribution is -0.139. The van der Waals surface area contributed by atoms with Crippen LogP contribution < -0.4 is 5.32 Å². The van der Waals surface area contributed by atoms with E-state index in [9.17, 15) is 18.3 Å². The number of sulfone groups is 1. The van der Waals surface area contributed by atoms with Crippen molar-refractivity contribution in [2.75, 3.05) is 17.3 Å². The summed E-state index contributed by atoms with van der Waals surface area (Å²) in [6, 6.07) is -0.249. The third kappa shape index (κ3) is 3.69. The Bertz CT molecular complexity index is 609. The first-order valence-electron chi connectivity index (χ1n) is 6.43. The first kappa shape index (κ1) is 15.2. The SMILES string of the molecule is CC(CS(C)(=O)=O)Nc1nc2c(s1)CCCC2C(=O)O. The molecule has 0 saturated heterocycles. The number of hydrogen-bond acceptors (Lipinski definition) is 6. The molecule has 0 bridgehead atoms. The first-order valence-corrected chi connectivity index (χ1v) is 9.30. The number of carboxylic acids is 1. The number of aromatic nitrogens is 1. The van der Waals surface area contributed by atoms with E-state index in [0.29, 0.717) is 17.2 Å². The van der Waals surface area contributed by atoms with Crippen LogP contribution >= 0.6 is 11.3 Å². The second-order valence-corrected chi connectivity index (χ2v) is 8.52. The van der Waals surface area contributed by atoms with Gasteiger partial charge in [0.1, 0.15) is 15.8 Å². The molecule has 1 aliphatic rings. The Morgan fingerprint density at radius 2 is 2.30 bits per heavy atom. The summed E-state index contributed by atoms with van der Waals surface area (Å²) in [5.41, 5.74) is 0.641. The van der Waals surface area contributed by atoms with Gasteiger partial charge in [0.25, 0.3) is 0 Å². The minimum Gasteiger partial charge on any atom is -0.481 e. The molecular weight excluding hydrogens is 300 g/mol. The molecule has 2 N–H and O–H groups in total. The fraction of sp³-hybridized carbons (Fsp3) is 0.667. The van der Waals surface area contributed by atoms with Gasteiger partial charge in [-0.15, -0.1) is 11.3 Å². The van der Waals surface area contributed by atoms with Crippen molar-refractivity contribution in [1.29, 1.82) is 0 Å². The van der Waals surface area contributed by atoms with Crippen molar-refractivity contribution in [2.45, 2.75) is 38.1 Å². The monoisotopic (exact) mass is 318 g/mol. The number of carboxylic acid groups (broad SMARTS) is 1. The Morgan fingerprint density at radius 3 is 2.90 bits per heavy atom. The van der Waals surface area contributed by atoms with E-state index in [2.05, 4.69) is 10.3 Å². The molecule has 8 heteroatoms. The number of rotatable bonds is 5. The number of aliphatic carboxylic acids is 1. The Balaban J connectivity index is 2.14. The third-order valence-electron chi connectivity index (χ3n) is 3.17. The van der Waals surface area contributed by atoms with E-state index in [1.54, 1.807) is 6.92 Å². The van der Waals surface area contributed by atoms with E-state index in [1.165, 1.54) is 17.6 Å². The number of anilines is 1. The van der Waals surface area contributed by atoms with Crippen molar-refractivity contribution in [2.24, 2.45) is 0 Å². The second-order valence-electron chi connectivity index (χ2n) is 5.25. The molecule has 0 aliphatic heterocycles. The van der Waals surface area contributed by atoms with Crippen LogP contribution in [-0.4, -0.2) is 42.5 Å². The third-order valence-corrected chi connectivity index (χ3v) is 5.34. The summed E-state index contributed by atoms with van der Waals surface area (Å²) in [5.74, 6) is -1.35. The Morgan fingerprint density at radius 1 is 1.60 bits per heavy atom. The molecule has 0 saturated carbocycles. The summed E-state index contributed by atoms with van der Waals surface area (Å²) in [4.78, 5) is 16.6. The minimum absolute atomic E-state index is 0.0274. The van der Waals surface area contributed by atoms with Crippen molar-refractivity contribution < 1.29 is 18.3 Å². The molecule has 2 unspecified atom stereocenters. The maximum absolute atomic E-state index is 11.2. The fourth-order valence-corrected chi connectivity index (χ4v) is 4.60. The second kappa shape index (κ2) is 5.69. The molecule has 0 spiro atoms. The van der Waals surface area contributed by atoms with E-state index < -0.39 is 21.7 Å². The number of fused-ring (bicyclic) bond motifs is 1. The van der Waals surface area contributed by atoms with Gasteiger partial charge in [-0.05, 0) is 26.2 Å². The van der Waals surface area contributed by atoms with E-state index in [4.69, 9.17) is 0 Å². The van der Waals surface area contributed by atoms with Crippen LogP contribution in [-0.2, 0) is 21.1 Å². The molecule has 0 radical (unpaired) electrons. The summed E-state index contributed by atoms with van der Waals surface area (Å²) >= 11 is 1.43. The number of nitrogens with one attached hydrogen (secondary N) is 1. The largest absolute Gasteiger partial charge is 0.481 e. The molecule has 2 rings (SSSR count). The smallest absolute Gasteiger partial charge is 0.312 e. The highest BCUT2D eigenvalue weighted by Crippen LogP contribution is 2.36. The van der Waals surface area contributed by atoms with Gasteiger partial charge in [0.15, 0.2) is 5.13 Å². The van der Waals surface area contributed by atoms with Crippen LogP contribution in [0.1, 0.15) is 36.3 Å². The molecule has 2 atom stereocenters. The zero-order valence-electron chi connectivity index (χ0n) is 11.4. The maximum Gasteiger partial charge on any atom is 0.312 e. The molecule has 20 heavy (non-hydrogen) atoms. The van der Waals surface area contributed by atoms with Gasteiger partial charge in [-0.2, -0.15) is 0 Å². The van der Waals surface area contributed by atoms with Gasteiger partial charge in [-0.3, -0.25) is 4.79 Å². The summed E-state index contributed by atoms with van der Waals surface area (Å²) in [5, 5.41) is 12.9. The predicted molar refractivity (Wildman–Crippen MR) is 78.2 cm³/mol. The Kier molecular flexibility index (Phi) is 4.33. The summed E-state index contributed by atoms with van der Waals surface area (Å²) < 4.78 is 22.5. The molecular formula is C12H18N2O4S2. The van der Waals surface area contributed by atoms with Gasteiger partial charge in [-0.25, -0.2) is 13.4 Å². The quantitative estimate of drug-likeness (QED) is 0.854. The van der Waals surface area contributed by atoms with Crippen molar-refractivity contribution in [3.8, 4) is 0 Å². The molecule has 6 nitrogen and oxygen atoms in total. The van der Waals surface area contributed by atoms with Gasteiger partial charge in [0, 0.05) is 17.2 Å². The van der Waals surface area contributed by atoms with Crippen LogP contribution in [0.15, 0.2) is 0 Å². The van der Waals surface area contributed by atoms with Crippen molar-refractivity contribution in [3.05, 3.63) is 10.6 Å². The average Bonchev–Trinajstić information content (AvgIpc) is 2.67. The standard InChI is InChI=1S/C12H18N2O4S2/c1-7(6-20(2,17)18)13-12-14-10-8(11(15)16)4-3-5-9(10)19-12/h7-8H,3-6H2,1-2H3,(H,13,14)(H,15,16). The molecule has 0 aromatic carbocycles. The van der Waals surface area contributed by atoms with Gasteiger partial charge >= 0.3 is 5.97 Å². The summed E-state index contributed by atoms with van der Waals surface area (Å²) in [6.07, 6.45) is 3.51. The van der Waals surface area contributed by atoms with Crippen molar-refractivity contribution >= 4 is 32.3 Å². The van der Waals surface area contributed by atoms with Crippen LogP contribution in [0.25, 0.3) is 0 Å². The van der Waals surface area contributed by atoms with Crippen LogP contribution in [0.5, 0.6) is 0 Å². The lowest BCUT2D eigenvalue weighted by Crippen LogP contribution is -2.25. The van der Waals surface area contributed by atoms with Gasteiger partial charge < -0.3 is 10.4 Å². The minimum atomic E-state index is -3.05. The molecule has 1 aliphatic carbocycles. The molecule has 0 amide bonds. The van der Waals surface area contributed by atoms with Crippen molar-refractivity contribution in [1.82, 2.24) is 4.98 Å². The summed E-state index contributed by atoms with van der Waals surface area (Å²) in [7, 11) is -3.05. The van der Waals surface area contributed by atoms with Crippen LogP contribution in [0.4, 0.5) is 5.13 Å². The molecule has 1 aromatic rings. The van der Waals surface area contributed by atoms with Crippen LogP contribution in [0.2, 0.25) is 0 Å². The highest BCUT2D eigenvalue weighted by molar-refractivity contribution is 7.90. The Labute approximate surface area is 122 Å². The Hall–Kier alpha value is -1.15. The molecule has 1 aromatic heterocycles. The highest BCUT2D eigenvalue weighted by atomic mass is 32.2. The molecule has 1 heterocycles. The van der Waals surface area contributed by atoms with Gasteiger partial charge in [0.05, 0.1) is 11.4 Å².